The zero-order valence-electron chi connectivity index (χ0n) is 22.1. The van der Waals surface area contributed by atoms with Gasteiger partial charge in [-0.05, 0) is 48.5 Å². The Bertz CT molecular complexity index is 1910. The van der Waals surface area contributed by atoms with Crippen molar-refractivity contribution < 1.29 is 4.39 Å². The fraction of sp³-hybridized carbons (Fsp3) is 0. The van der Waals surface area contributed by atoms with Gasteiger partial charge in [-0.3, -0.25) is 4.57 Å². The third-order valence-electron chi connectivity index (χ3n) is 7.08. The number of imidazole rings is 1. The monoisotopic (exact) mass is 532 g/mol. The van der Waals surface area contributed by atoms with Crippen molar-refractivity contribution in [1.29, 1.82) is 0 Å². The van der Waals surface area contributed by atoms with Crippen molar-refractivity contribution in [1.82, 2.24) is 19.3 Å². The Hall–Kier alpha value is -5.55. The van der Waals surface area contributed by atoms with Crippen LogP contribution in [0.1, 0.15) is 0 Å². The van der Waals surface area contributed by atoms with Gasteiger partial charge in [-0.25, -0.2) is 14.1 Å². The van der Waals surface area contributed by atoms with Crippen LogP contribution in [-0.4, -0.2) is 19.3 Å². The molecular formula is C36H25FN4. The van der Waals surface area contributed by atoms with E-state index in [9.17, 15) is 4.39 Å². The molecule has 2 heterocycles. The van der Waals surface area contributed by atoms with Crippen LogP contribution in [0, 0.1) is 5.82 Å². The molecule has 0 radical (unpaired) electrons. The molecule has 4 nitrogen and oxygen atoms in total. The lowest BCUT2D eigenvalue weighted by Gasteiger charge is -2.13. The summed E-state index contributed by atoms with van der Waals surface area (Å²) < 4.78 is 18.0. The molecule has 0 aliphatic carbocycles. The summed E-state index contributed by atoms with van der Waals surface area (Å²) in [7, 11) is 0. The van der Waals surface area contributed by atoms with Gasteiger partial charge in [0.2, 0.25) is 0 Å². The van der Waals surface area contributed by atoms with Crippen molar-refractivity contribution in [3.05, 3.63) is 158 Å². The third-order valence-corrected chi connectivity index (χ3v) is 7.08. The van der Waals surface area contributed by atoms with Gasteiger partial charge in [-0.2, -0.15) is 5.10 Å². The second-order valence-electron chi connectivity index (χ2n) is 9.71. The van der Waals surface area contributed by atoms with E-state index in [0.717, 1.165) is 56.5 Å². The molecule has 0 aliphatic rings. The van der Waals surface area contributed by atoms with E-state index >= 15 is 0 Å². The van der Waals surface area contributed by atoms with Gasteiger partial charge in [-0.1, -0.05) is 97.1 Å². The maximum absolute atomic E-state index is 14.0. The molecule has 0 N–H and O–H groups in total. The summed E-state index contributed by atoms with van der Waals surface area (Å²) in [5.41, 5.74) is 8.18. The maximum atomic E-state index is 14.0. The highest BCUT2D eigenvalue weighted by Crippen LogP contribution is 2.41. The van der Waals surface area contributed by atoms with Gasteiger partial charge in [0.25, 0.3) is 0 Å². The van der Waals surface area contributed by atoms with Crippen molar-refractivity contribution in [2.45, 2.75) is 0 Å². The predicted octanol–water partition coefficient (Wildman–Crippen LogP) is 8.87. The highest BCUT2D eigenvalue weighted by molar-refractivity contribution is 5.87. The van der Waals surface area contributed by atoms with E-state index in [4.69, 9.17) is 10.1 Å². The van der Waals surface area contributed by atoms with Crippen LogP contribution in [0.25, 0.3) is 56.5 Å². The fourth-order valence-electron chi connectivity index (χ4n) is 5.16. The lowest BCUT2D eigenvalue weighted by molar-refractivity contribution is 0.628. The zero-order chi connectivity index (χ0) is 27.6. The first kappa shape index (κ1) is 24.5. The van der Waals surface area contributed by atoms with E-state index in [-0.39, 0.29) is 5.82 Å². The topological polar surface area (TPSA) is 35.6 Å². The van der Waals surface area contributed by atoms with Crippen molar-refractivity contribution in [2.75, 3.05) is 0 Å². The number of aromatic nitrogens is 4. The van der Waals surface area contributed by atoms with Crippen LogP contribution in [0.5, 0.6) is 0 Å². The summed E-state index contributed by atoms with van der Waals surface area (Å²) in [4.78, 5) is 5.35. The number of hydrogen-bond acceptors (Lipinski definition) is 2. The van der Waals surface area contributed by atoms with Crippen LogP contribution in [0.3, 0.4) is 0 Å². The molecule has 196 valence electrons. The molecule has 0 bridgehead atoms. The Morgan fingerprint density at radius 3 is 1.61 bits per heavy atom. The van der Waals surface area contributed by atoms with Gasteiger partial charge in [-0.15, -0.1) is 0 Å². The number of benzene rings is 5. The molecule has 0 spiro atoms. The summed E-state index contributed by atoms with van der Waals surface area (Å²) in [6.45, 7) is 0. The fourth-order valence-corrected chi connectivity index (χ4v) is 5.16. The Morgan fingerprint density at radius 2 is 1.00 bits per heavy atom. The van der Waals surface area contributed by atoms with E-state index < -0.39 is 0 Å². The molecule has 0 aliphatic heterocycles. The molecule has 5 aromatic carbocycles. The van der Waals surface area contributed by atoms with E-state index in [1.54, 1.807) is 12.1 Å². The standard InChI is InChI=1S/C36H25FN4/c37-29-23-21-27(22-24-29)33-32(25-40(39-33)30-17-9-3-10-18-30)36-38-34(26-13-5-1-6-14-26)35(28-15-7-2-8-16-28)41(36)31-19-11-4-12-20-31/h1-25H. The minimum atomic E-state index is -0.290. The molecule has 2 aromatic heterocycles. The smallest absolute Gasteiger partial charge is 0.149 e. The van der Waals surface area contributed by atoms with E-state index in [1.165, 1.54) is 12.1 Å². The molecular weight excluding hydrogens is 507 g/mol. The molecule has 5 heteroatoms. The van der Waals surface area contributed by atoms with Gasteiger partial charge in [0, 0.05) is 28.6 Å². The average Bonchev–Trinajstić information content (AvgIpc) is 3.66. The van der Waals surface area contributed by atoms with Crippen LogP contribution in [0.15, 0.2) is 152 Å². The van der Waals surface area contributed by atoms with Crippen LogP contribution in [-0.2, 0) is 0 Å². The zero-order valence-corrected chi connectivity index (χ0v) is 22.1. The quantitative estimate of drug-likeness (QED) is 0.214. The first-order valence-corrected chi connectivity index (χ1v) is 13.5. The number of hydrogen-bond donors (Lipinski definition) is 0. The average molecular weight is 533 g/mol. The summed E-state index contributed by atoms with van der Waals surface area (Å²) in [5.74, 6) is 0.455. The Kier molecular flexibility index (Phi) is 6.30. The number of halogens is 1. The first-order valence-electron chi connectivity index (χ1n) is 13.5. The molecule has 0 saturated heterocycles. The minimum absolute atomic E-state index is 0.290. The van der Waals surface area contributed by atoms with E-state index in [2.05, 4.69) is 41.0 Å². The molecule has 0 saturated carbocycles. The maximum Gasteiger partial charge on any atom is 0.149 e. The van der Waals surface area contributed by atoms with E-state index in [1.807, 2.05) is 95.8 Å². The molecule has 0 fully saturated rings. The van der Waals surface area contributed by atoms with Crippen LogP contribution < -0.4 is 0 Å². The number of rotatable bonds is 6. The second kappa shape index (κ2) is 10.5. The van der Waals surface area contributed by atoms with E-state index in [0.29, 0.717) is 0 Å². The number of nitrogens with zero attached hydrogens (tertiary/aromatic N) is 4. The largest absolute Gasteiger partial charge is 0.292 e. The lowest BCUT2D eigenvalue weighted by atomic mass is 10.0. The van der Waals surface area contributed by atoms with Crippen molar-refractivity contribution in [2.24, 2.45) is 0 Å². The summed E-state index contributed by atoms with van der Waals surface area (Å²) in [5, 5.41) is 5.02. The molecule has 0 atom stereocenters. The number of para-hydroxylation sites is 2. The minimum Gasteiger partial charge on any atom is -0.292 e. The summed E-state index contributed by atoms with van der Waals surface area (Å²) in [6, 6.07) is 47.3. The lowest BCUT2D eigenvalue weighted by Crippen LogP contribution is -2.00. The van der Waals surface area contributed by atoms with Crippen LogP contribution >= 0.6 is 0 Å². The van der Waals surface area contributed by atoms with Gasteiger partial charge >= 0.3 is 0 Å². The molecule has 0 unspecified atom stereocenters. The Labute approximate surface area is 237 Å². The van der Waals surface area contributed by atoms with Crippen molar-refractivity contribution >= 4 is 0 Å². The predicted molar refractivity (Wildman–Crippen MR) is 162 cm³/mol. The highest BCUT2D eigenvalue weighted by atomic mass is 19.1. The van der Waals surface area contributed by atoms with Gasteiger partial charge in [0.05, 0.1) is 22.6 Å². The van der Waals surface area contributed by atoms with Crippen molar-refractivity contribution in [3.63, 3.8) is 0 Å². The van der Waals surface area contributed by atoms with Crippen LogP contribution in [0.4, 0.5) is 4.39 Å². The van der Waals surface area contributed by atoms with Gasteiger partial charge in [0.1, 0.15) is 17.3 Å². The molecule has 7 aromatic rings. The third kappa shape index (κ3) is 4.64. The highest BCUT2D eigenvalue weighted by Gasteiger charge is 2.26. The SMILES string of the molecule is Fc1ccc(-c2nn(-c3ccccc3)cc2-c2nc(-c3ccccc3)c(-c3ccccc3)n2-c2ccccc2)cc1. The summed E-state index contributed by atoms with van der Waals surface area (Å²) >= 11 is 0. The Balaban J connectivity index is 1.58. The first-order chi connectivity index (χ1) is 20.3. The summed E-state index contributed by atoms with van der Waals surface area (Å²) in [6.07, 6.45) is 2.01. The Morgan fingerprint density at radius 1 is 0.488 bits per heavy atom. The molecule has 41 heavy (non-hydrogen) atoms. The van der Waals surface area contributed by atoms with Gasteiger partial charge < -0.3 is 0 Å². The molecule has 7 rings (SSSR count). The van der Waals surface area contributed by atoms with Crippen LogP contribution in [0.2, 0.25) is 0 Å². The van der Waals surface area contributed by atoms with Crippen molar-refractivity contribution in [3.8, 4) is 56.5 Å². The van der Waals surface area contributed by atoms with Gasteiger partial charge in [0.15, 0.2) is 0 Å². The molecule has 0 amide bonds. The normalized spacial score (nSPS) is 11.0. The second-order valence-corrected chi connectivity index (χ2v) is 9.71.